The van der Waals surface area contributed by atoms with Crippen molar-refractivity contribution in [2.75, 3.05) is 36.5 Å². The molecule has 1 atom stereocenters. The van der Waals surface area contributed by atoms with E-state index in [1.54, 1.807) is 0 Å². The summed E-state index contributed by atoms with van der Waals surface area (Å²) < 4.78 is 5.37. The fourth-order valence-corrected chi connectivity index (χ4v) is 2.10. The molecule has 0 spiro atoms. The summed E-state index contributed by atoms with van der Waals surface area (Å²) in [7, 11) is 0. The first-order chi connectivity index (χ1) is 9.22. The van der Waals surface area contributed by atoms with E-state index in [1.807, 2.05) is 32.0 Å². The number of benzene rings is 1. The first-order valence-corrected chi connectivity index (χ1v) is 6.95. The van der Waals surface area contributed by atoms with Gasteiger partial charge in [-0.25, -0.2) is 0 Å². The molecule has 1 aliphatic rings. The molecule has 0 aliphatic carbocycles. The zero-order valence-corrected chi connectivity index (χ0v) is 11.7. The Morgan fingerprint density at radius 2 is 2.05 bits per heavy atom. The standard InChI is InChI=1S/C15H22N2O2/c1-3-12(2)15(18)16-13-6-4-5-7-14(13)17-8-10-19-11-9-17/h4-7,12H,3,8-11H2,1-2H3,(H,16,18). The van der Waals surface area contributed by atoms with Gasteiger partial charge in [0.05, 0.1) is 24.6 Å². The second kappa shape index (κ2) is 6.57. The van der Waals surface area contributed by atoms with Gasteiger partial charge >= 0.3 is 0 Å². The number of rotatable bonds is 4. The van der Waals surface area contributed by atoms with Crippen LogP contribution < -0.4 is 10.2 Å². The molecule has 1 aliphatic heterocycles. The van der Waals surface area contributed by atoms with Crippen LogP contribution in [0.3, 0.4) is 0 Å². The van der Waals surface area contributed by atoms with Crippen molar-refractivity contribution in [1.29, 1.82) is 0 Å². The minimum Gasteiger partial charge on any atom is -0.378 e. The summed E-state index contributed by atoms with van der Waals surface area (Å²) in [5, 5.41) is 3.04. The Bertz CT molecular complexity index is 428. The van der Waals surface area contributed by atoms with Crippen LogP contribution in [-0.4, -0.2) is 32.2 Å². The lowest BCUT2D eigenvalue weighted by Crippen LogP contribution is -2.37. The zero-order chi connectivity index (χ0) is 13.7. The number of carbonyl (C=O) groups is 1. The van der Waals surface area contributed by atoms with E-state index in [0.29, 0.717) is 0 Å². The SMILES string of the molecule is CCC(C)C(=O)Nc1ccccc1N1CCOCC1. The number of nitrogens with zero attached hydrogens (tertiary/aromatic N) is 1. The second-order valence-electron chi connectivity index (χ2n) is 4.92. The van der Waals surface area contributed by atoms with Crippen molar-refractivity contribution in [2.24, 2.45) is 5.92 Å². The Morgan fingerprint density at radius 1 is 1.37 bits per heavy atom. The summed E-state index contributed by atoms with van der Waals surface area (Å²) in [6.07, 6.45) is 0.853. The molecule has 4 nitrogen and oxygen atoms in total. The molecule has 0 saturated carbocycles. The van der Waals surface area contributed by atoms with Crippen molar-refractivity contribution in [3.63, 3.8) is 0 Å². The molecular weight excluding hydrogens is 240 g/mol. The lowest BCUT2D eigenvalue weighted by atomic mass is 10.1. The highest BCUT2D eigenvalue weighted by molar-refractivity contribution is 5.95. The molecule has 4 heteroatoms. The molecule has 1 N–H and O–H groups in total. The summed E-state index contributed by atoms with van der Waals surface area (Å²) in [5.41, 5.74) is 1.98. The minimum absolute atomic E-state index is 0.0396. The van der Waals surface area contributed by atoms with Crippen LogP contribution in [0.4, 0.5) is 11.4 Å². The Morgan fingerprint density at radius 3 is 2.74 bits per heavy atom. The van der Waals surface area contributed by atoms with Gasteiger partial charge in [0.1, 0.15) is 0 Å². The Labute approximate surface area is 114 Å². The van der Waals surface area contributed by atoms with Gasteiger partial charge in [-0.1, -0.05) is 26.0 Å². The molecule has 1 aromatic carbocycles. The predicted molar refractivity (Wildman–Crippen MR) is 77.6 cm³/mol. The van der Waals surface area contributed by atoms with E-state index in [2.05, 4.69) is 16.3 Å². The van der Waals surface area contributed by atoms with Crippen LogP contribution in [0.25, 0.3) is 0 Å². The van der Waals surface area contributed by atoms with Crippen molar-refractivity contribution < 1.29 is 9.53 Å². The lowest BCUT2D eigenvalue weighted by molar-refractivity contribution is -0.119. The Balaban J connectivity index is 2.13. The fraction of sp³-hybridized carbons (Fsp3) is 0.533. The first kappa shape index (κ1) is 13.9. The van der Waals surface area contributed by atoms with Crippen molar-refractivity contribution in [3.05, 3.63) is 24.3 Å². The van der Waals surface area contributed by atoms with Crippen molar-refractivity contribution in [2.45, 2.75) is 20.3 Å². The van der Waals surface area contributed by atoms with E-state index in [1.165, 1.54) is 0 Å². The summed E-state index contributed by atoms with van der Waals surface area (Å²) in [5.74, 6) is 0.126. The van der Waals surface area contributed by atoms with Gasteiger partial charge in [-0.15, -0.1) is 0 Å². The van der Waals surface area contributed by atoms with Crippen molar-refractivity contribution in [1.82, 2.24) is 0 Å². The lowest BCUT2D eigenvalue weighted by Gasteiger charge is -2.30. The third-order valence-electron chi connectivity index (χ3n) is 3.57. The van der Waals surface area contributed by atoms with Gasteiger partial charge in [-0.05, 0) is 18.6 Å². The van der Waals surface area contributed by atoms with Gasteiger partial charge in [0, 0.05) is 19.0 Å². The van der Waals surface area contributed by atoms with E-state index in [-0.39, 0.29) is 11.8 Å². The average Bonchev–Trinajstić information content (AvgIpc) is 2.47. The molecule has 19 heavy (non-hydrogen) atoms. The monoisotopic (exact) mass is 262 g/mol. The third kappa shape index (κ3) is 3.47. The van der Waals surface area contributed by atoms with E-state index in [4.69, 9.17) is 4.74 Å². The molecule has 1 aromatic rings. The zero-order valence-electron chi connectivity index (χ0n) is 11.7. The highest BCUT2D eigenvalue weighted by atomic mass is 16.5. The van der Waals surface area contributed by atoms with Crippen LogP contribution in [0, 0.1) is 5.92 Å². The van der Waals surface area contributed by atoms with Crippen LogP contribution in [0.5, 0.6) is 0 Å². The highest BCUT2D eigenvalue weighted by Gasteiger charge is 2.17. The second-order valence-corrected chi connectivity index (χ2v) is 4.92. The summed E-state index contributed by atoms with van der Waals surface area (Å²) >= 11 is 0. The number of morpholine rings is 1. The number of hydrogen-bond acceptors (Lipinski definition) is 3. The van der Waals surface area contributed by atoms with E-state index >= 15 is 0 Å². The number of nitrogens with one attached hydrogen (secondary N) is 1. The van der Waals surface area contributed by atoms with Gasteiger partial charge in [-0.3, -0.25) is 4.79 Å². The number of hydrogen-bond donors (Lipinski definition) is 1. The fourth-order valence-electron chi connectivity index (χ4n) is 2.10. The van der Waals surface area contributed by atoms with Crippen LogP contribution in [0.15, 0.2) is 24.3 Å². The van der Waals surface area contributed by atoms with E-state index < -0.39 is 0 Å². The number of ether oxygens (including phenoxy) is 1. The molecule has 0 radical (unpaired) electrons. The maximum atomic E-state index is 12.0. The predicted octanol–water partition coefficient (Wildman–Crippen LogP) is 2.51. The summed E-state index contributed by atoms with van der Waals surface area (Å²) in [6, 6.07) is 7.97. The topological polar surface area (TPSA) is 41.6 Å². The van der Waals surface area contributed by atoms with Crippen LogP contribution in [0.2, 0.25) is 0 Å². The van der Waals surface area contributed by atoms with Crippen LogP contribution >= 0.6 is 0 Å². The van der Waals surface area contributed by atoms with Crippen molar-refractivity contribution >= 4 is 17.3 Å². The quantitative estimate of drug-likeness (QED) is 0.906. The smallest absolute Gasteiger partial charge is 0.227 e. The highest BCUT2D eigenvalue weighted by Crippen LogP contribution is 2.26. The van der Waals surface area contributed by atoms with Crippen molar-refractivity contribution in [3.8, 4) is 0 Å². The molecule has 1 heterocycles. The van der Waals surface area contributed by atoms with Gasteiger partial charge in [0.15, 0.2) is 0 Å². The maximum absolute atomic E-state index is 12.0. The van der Waals surface area contributed by atoms with E-state index in [9.17, 15) is 4.79 Å². The average molecular weight is 262 g/mol. The summed E-state index contributed by atoms with van der Waals surface area (Å²) in [4.78, 5) is 14.3. The van der Waals surface area contributed by atoms with E-state index in [0.717, 1.165) is 44.1 Å². The summed E-state index contributed by atoms with van der Waals surface area (Å²) in [6.45, 7) is 7.21. The molecule has 104 valence electrons. The molecule has 0 bridgehead atoms. The molecule has 1 fully saturated rings. The number of carbonyl (C=O) groups excluding carboxylic acids is 1. The van der Waals surface area contributed by atoms with Gasteiger partial charge in [-0.2, -0.15) is 0 Å². The van der Waals surface area contributed by atoms with Gasteiger partial charge in [0.25, 0.3) is 0 Å². The number of amides is 1. The van der Waals surface area contributed by atoms with Gasteiger partial charge < -0.3 is 15.0 Å². The molecular formula is C15H22N2O2. The number of para-hydroxylation sites is 2. The number of anilines is 2. The third-order valence-corrected chi connectivity index (χ3v) is 3.57. The van der Waals surface area contributed by atoms with Crippen LogP contribution in [0.1, 0.15) is 20.3 Å². The minimum atomic E-state index is 0.0396. The molecule has 1 amide bonds. The van der Waals surface area contributed by atoms with Crippen LogP contribution in [-0.2, 0) is 9.53 Å². The largest absolute Gasteiger partial charge is 0.378 e. The molecule has 2 rings (SSSR count). The first-order valence-electron chi connectivity index (χ1n) is 6.95. The Hall–Kier alpha value is -1.55. The normalized spacial score (nSPS) is 17.1. The molecule has 1 unspecified atom stereocenters. The maximum Gasteiger partial charge on any atom is 0.227 e. The Kier molecular flexibility index (Phi) is 4.80. The molecule has 0 aromatic heterocycles. The van der Waals surface area contributed by atoms with Gasteiger partial charge in [0.2, 0.25) is 5.91 Å². The molecule has 1 saturated heterocycles.